The van der Waals surface area contributed by atoms with Crippen molar-refractivity contribution in [3.05, 3.63) is 66.2 Å². The second-order valence-corrected chi connectivity index (χ2v) is 6.11. The van der Waals surface area contributed by atoms with Gasteiger partial charge in [-0.3, -0.25) is 0 Å². The van der Waals surface area contributed by atoms with Crippen LogP contribution in [0.5, 0.6) is 11.5 Å². The average Bonchev–Trinajstić information content (AvgIpc) is 2.62. The van der Waals surface area contributed by atoms with E-state index in [9.17, 15) is 20.1 Å². The summed E-state index contributed by atoms with van der Waals surface area (Å²) in [6.45, 7) is 0. The molecular formula is C21H15NO4. The fourth-order valence-electron chi connectivity index (χ4n) is 3.39. The van der Waals surface area contributed by atoms with Crippen LogP contribution in [0.15, 0.2) is 60.7 Å². The number of aromatic carboxylic acids is 1. The average molecular weight is 345 g/mol. The molecule has 0 radical (unpaired) electrons. The first kappa shape index (κ1) is 15.8. The number of hydrogen-bond donors (Lipinski definition) is 4. The van der Waals surface area contributed by atoms with Gasteiger partial charge in [0, 0.05) is 16.8 Å². The van der Waals surface area contributed by atoms with Crippen LogP contribution >= 0.6 is 0 Å². The summed E-state index contributed by atoms with van der Waals surface area (Å²) in [6.07, 6.45) is 0. The lowest BCUT2D eigenvalue weighted by Crippen LogP contribution is -2.00. The van der Waals surface area contributed by atoms with Gasteiger partial charge in [0.05, 0.1) is 5.56 Å². The lowest BCUT2D eigenvalue weighted by Gasteiger charge is -2.16. The molecule has 0 aliphatic rings. The van der Waals surface area contributed by atoms with Crippen LogP contribution in [0.1, 0.15) is 10.4 Å². The molecule has 0 atom stereocenters. The van der Waals surface area contributed by atoms with Gasteiger partial charge in [0.1, 0.15) is 11.5 Å². The number of carboxylic acid groups (broad SMARTS) is 1. The molecule has 0 aromatic heterocycles. The molecule has 0 heterocycles. The third-order valence-electron chi connectivity index (χ3n) is 4.53. The highest BCUT2D eigenvalue weighted by molar-refractivity contribution is 6.15. The van der Waals surface area contributed by atoms with Crippen molar-refractivity contribution in [1.82, 2.24) is 0 Å². The molecule has 0 amide bonds. The van der Waals surface area contributed by atoms with Gasteiger partial charge >= 0.3 is 5.97 Å². The van der Waals surface area contributed by atoms with Gasteiger partial charge in [-0.2, -0.15) is 0 Å². The van der Waals surface area contributed by atoms with Gasteiger partial charge in [-0.15, -0.1) is 0 Å². The minimum absolute atomic E-state index is 0.000185. The van der Waals surface area contributed by atoms with Crippen molar-refractivity contribution >= 4 is 33.2 Å². The lowest BCUT2D eigenvalue weighted by molar-refractivity contribution is 0.0698. The number of rotatable bonds is 2. The van der Waals surface area contributed by atoms with E-state index in [4.69, 9.17) is 5.73 Å². The van der Waals surface area contributed by atoms with E-state index in [1.54, 1.807) is 30.3 Å². The van der Waals surface area contributed by atoms with Crippen LogP contribution in [0.4, 0.5) is 5.69 Å². The number of carboxylic acids is 1. The fourth-order valence-corrected chi connectivity index (χ4v) is 3.39. The molecule has 5 nitrogen and oxygen atoms in total. The van der Waals surface area contributed by atoms with E-state index in [1.165, 1.54) is 6.07 Å². The molecule has 128 valence electrons. The molecule has 4 aromatic rings. The van der Waals surface area contributed by atoms with Crippen LogP contribution in [-0.4, -0.2) is 21.3 Å². The summed E-state index contributed by atoms with van der Waals surface area (Å²) in [6, 6.07) is 16.9. The Labute approximate surface area is 148 Å². The first-order valence-corrected chi connectivity index (χ1v) is 7.97. The SMILES string of the molecule is Nc1ccc2c(-c3c(O)ccc4ccccc34)c(O)cc(C(=O)O)c2c1. The Morgan fingerprint density at radius 2 is 1.50 bits per heavy atom. The molecule has 0 fully saturated rings. The summed E-state index contributed by atoms with van der Waals surface area (Å²) < 4.78 is 0. The smallest absolute Gasteiger partial charge is 0.336 e. The molecule has 0 aliphatic heterocycles. The van der Waals surface area contributed by atoms with Crippen molar-refractivity contribution in [2.75, 3.05) is 5.73 Å². The number of hydrogen-bond acceptors (Lipinski definition) is 4. The highest BCUT2D eigenvalue weighted by Gasteiger charge is 2.21. The lowest BCUT2D eigenvalue weighted by atomic mass is 9.90. The van der Waals surface area contributed by atoms with Crippen LogP contribution in [-0.2, 0) is 0 Å². The van der Waals surface area contributed by atoms with E-state index >= 15 is 0 Å². The maximum atomic E-state index is 11.6. The Morgan fingerprint density at radius 1 is 0.769 bits per heavy atom. The van der Waals surface area contributed by atoms with E-state index in [0.717, 1.165) is 10.8 Å². The molecule has 0 spiro atoms. The van der Waals surface area contributed by atoms with Gasteiger partial charge in [-0.25, -0.2) is 4.79 Å². The second-order valence-electron chi connectivity index (χ2n) is 6.11. The number of phenolic OH excluding ortho intramolecular Hbond substituents is 2. The van der Waals surface area contributed by atoms with Crippen molar-refractivity contribution in [2.45, 2.75) is 0 Å². The maximum absolute atomic E-state index is 11.6. The first-order chi connectivity index (χ1) is 12.5. The van der Waals surface area contributed by atoms with Crippen LogP contribution in [0.3, 0.4) is 0 Å². The monoisotopic (exact) mass is 345 g/mol. The van der Waals surface area contributed by atoms with Gasteiger partial charge in [0.2, 0.25) is 0 Å². The van der Waals surface area contributed by atoms with Crippen LogP contribution in [0, 0.1) is 0 Å². The molecule has 26 heavy (non-hydrogen) atoms. The Balaban J connectivity index is 2.21. The topological polar surface area (TPSA) is 104 Å². The Hall–Kier alpha value is -3.73. The normalized spacial score (nSPS) is 11.1. The molecule has 0 bridgehead atoms. The summed E-state index contributed by atoms with van der Waals surface area (Å²) in [5.41, 5.74) is 7.03. The number of nitrogens with two attached hydrogens (primary N) is 1. The molecule has 5 heteroatoms. The molecule has 0 aliphatic carbocycles. The predicted molar refractivity (Wildman–Crippen MR) is 102 cm³/mol. The summed E-state index contributed by atoms with van der Waals surface area (Å²) in [5, 5.41) is 33.2. The number of benzene rings is 4. The number of fused-ring (bicyclic) bond motifs is 2. The first-order valence-electron chi connectivity index (χ1n) is 7.97. The molecular weight excluding hydrogens is 330 g/mol. The standard InChI is InChI=1S/C21H15NO4/c22-12-6-7-14-15(9-12)16(21(25)26)10-18(24)20(14)19-13-4-2-1-3-11(13)5-8-17(19)23/h1-10,23-24H,22H2,(H,25,26). The summed E-state index contributed by atoms with van der Waals surface area (Å²) >= 11 is 0. The molecule has 4 rings (SSSR count). The zero-order valence-electron chi connectivity index (χ0n) is 13.6. The maximum Gasteiger partial charge on any atom is 0.336 e. The highest BCUT2D eigenvalue weighted by Crippen LogP contribution is 2.45. The Kier molecular flexibility index (Phi) is 3.44. The van der Waals surface area contributed by atoms with Gasteiger partial charge in [-0.1, -0.05) is 36.4 Å². The number of anilines is 1. The third-order valence-corrected chi connectivity index (χ3v) is 4.53. The van der Waals surface area contributed by atoms with Gasteiger partial charge in [0.25, 0.3) is 0 Å². The van der Waals surface area contributed by atoms with Crippen LogP contribution in [0.25, 0.3) is 32.7 Å². The Bertz CT molecular complexity index is 1200. The van der Waals surface area contributed by atoms with E-state index < -0.39 is 5.97 Å². The number of carbonyl (C=O) groups is 1. The van der Waals surface area contributed by atoms with Crippen molar-refractivity contribution in [3.8, 4) is 22.6 Å². The molecule has 5 N–H and O–H groups in total. The van der Waals surface area contributed by atoms with E-state index in [0.29, 0.717) is 27.6 Å². The quantitative estimate of drug-likeness (QED) is 0.404. The van der Waals surface area contributed by atoms with Crippen molar-refractivity contribution in [2.24, 2.45) is 0 Å². The zero-order valence-corrected chi connectivity index (χ0v) is 13.6. The summed E-state index contributed by atoms with van der Waals surface area (Å²) in [5.74, 6) is -1.38. The largest absolute Gasteiger partial charge is 0.507 e. The fraction of sp³-hybridized carbons (Fsp3) is 0. The molecule has 0 saturated carbocycles. The molecule has 4 aromatic carbocycles. The van der Waals surface area contributed by atoms with E-state index in [-0.39, 0.29) is 17.1 Å². The third kappa shape index (κ3) is 2.29. The van der Waals surface area contributed by atoms with Gasteiger partial charge < -0.3 is 21.1 Å². The highest BCUT2D eigenvalue weighted by atomic mass is 16.4. The van der Waals surface area contributed by atoms with Crippen LogP contribution < -0.4 is 5.73 Å². The van der Waals surface area contributed by atoms with Crippen LogP contribution in [0.2, 0.25) is 0 Å². The molecule has 0 saturated heterocycles. The zero-order chi connectivity index (χ0) is 18.4. The van der Waals surface area contributed by atoms with Crippen molar-refractivity contribution < 1.29 is 20.1 Å². The van der Waals surface area contributed by atoms with Gasteiger partial charge in [0.15, 0.2) is 0 Å². The summed E-state index contributed by atoms with van der Waals surface area (Å²) in [4.78, 5) is 11.6. The van der Waals surface area contributed by atoms with E-state index in [2.05, 4.69) is 0 Å². The minimum Gasteiger partial charge on any atom is -0.507 e. The second kappa shape index (κ2) is 5.67. The minimum atomic E-state index is -1.16. The van der Waals surface area contributed by atoms with Crippen molar-refractivity contribution in [1.29, 1.82) is 0 Å². The molecule has 0 unspecified atom stereocenters. The Morgan fingerprint density at radius 3 is 2.27 bits per heavy atom. The van der Waals surface area contributed by atoms with E-state index in [1.807, 2.05) is 24.3 Å². The number of aromatic hydroxyl groups is 2. The number of nitrogen functional groups attached to an aromatic ring is 1. The van der Waals surface area contributed by atoms with Crippen molar-refractivity contribution in [3.63, 3.8) is 0 Å². The van der Waals surface area contributed by atoms with Gasteiger partial charge in [-0.05, 0) is 45.8 Å². The predicted octanol–water partition coefficient (Wildman–Crippen LogP) is 4.35. The number of phenols is 2. The summed E-state index contributed by atoms with van der Waals surface area (Å²) in [7, 11) is 0.